The normalized spacial score (nSPS) is 10.2. The topological polar surface area (TPSA) is 80.9 Å². The standard InChI is InChI=1S/C11H12N4O2/c1-2-4-12-10(16)9-7-17-11(15-9)8-3-5-13-14-6-8/h3,5-7H,2,4H2,1H3,(H,12,16). The first-order valence-corrected chi connectivity index (χ1v) is 5.32. The van der Waals surface area contributed by atoms with Gasteiger partial charge in [-0.2, -0.15) is 10.2 Å². The lowest BCUT2D eigenvalue weighted by Gasteiger charge is -1.97. The highest BCUT2D eigenvalue weighted by Crippen LogP contribution is 2.16. The number of hydrogen-bond donors (Lipinski definition) is 1. The van der Waals surface area contributed by atoms with Crippen LogP contribution in [-0.4, -0.2) is 27.6 Å². The molecule has 0 aliphatic carbocycles. The summed E-state index contributed by atoms with van der Waals surface area (Å²) in [7, 11) is 0. The summed E-state index contributed by atoms with van der Waals surface area (Å²) in [5, 5.41) is 10.1. The van der Waals surface area contributed by atoms with Crippen LogP contribution in [0.5, 0.6) is 0 Å². The first kappa shape index (κ1) is 11.3. The third-order valence-corrected chi connectivity index (χ3v) is 2.10. The Bertz CT molecular complexity index is 495. The van der Waals surface area contributed by atoms with Gasteiger partial charge >= 0.3 is 0 Å². The number of nitrogens with zero attached hydrogens (tertiary/aromatic N) is 3. The van der Waals surface area contributed by atoms with Crippen LogP contribution < -0.4 is 5.32 Å². The summed E-state index contributed by atoms with van der Waals surface area (Å²) >= 11 is 0. The third kappa shape index (κ3) is 2.66. The summed E-state index contributed by atoms with van der Waals surface area (Å²) in [4.78, 5) is 15.7. The predicted molar refractivity (Wildman–Crippen MR) is 60.2 cm³/mol. The first-order chi connectivity index (χ1) is 8.31. The molecule has 17 heavy (non-hydrogen) atoms. The van der Waals surface area contributed by atoms with Crippen LogP contribution in [-0.2, 0) is 0 Å². The Balaban J connectivity index is 2.14. The van der Waals surface area contributed by atoms with Crippen LogP contribution >= 0.6 is 0 Å². The summed E-state index contributed by atoms with van der Waals surface area (Å²) in [5.74, 6) is 0.130. The van der Waals surface area contributed by atoms with Crippen LogP contribution in [0.15, 0.2) is 29.1 Å². The lowest BCUT2D eigenvalue weighted by molar-refractivity contribution is 0.0948. The maximum atomic E-state index is 11.6. The number of carbonyl (C=O) groups excluding carboxylic acids is 1. The summed E-state index contributed by atoms with van der Waals surface area (Å²) < 4.78 is 5.21. The number of oxazole rings is 1. The number of carbonyl (C=O) groups is 1. The molecule has 0 aliphatic heterocycles. The van der Waals surface area contributed by atoms with Crippen molar-refractivity contribution in [2.24, 2.45) is 0 Å². The van der Waals surface area contributed by atoms with Gasteiger partial charge in [0.25, 0.3) is 5.91 Å². The van der Waals surface area contributed by atoms with E-state index in [1.807, 2.05) is 6.92 Å². The lowest BCUT2D eigenvalue weighted by Crippen LogP contribution is -2.24. The minimum absolute atomic E-state index is 0.233. The molecule has 0 aromatic carbocycles. The molecular formula is C11H12N4O2. The van der Waals surface area contributed by atoms with Crippen molar-refractivity contribution in [1.82, 2.24) is 20.5 Å². The van der Waals surface area contributed by atoms with Gasteiger partial charge in [-0.1, -0.05) is 6.92 Å². The highest BCUT2D eigenvalue weighted by Gasteiger charge is 2.12. The Morgan fingerprint density at radius 2 is 2.35 bits per heavy atom. The van der Waals surface area contributed by atoms with Crippen LogP contribution in [0.2, 0.25) is 0 Å². The average molecular weight is 232 g/mol. The van der Waals surface area contributed by atoms with Crippen molar-refractivity contribution in [3.63, 3.8) is 0 Å². The number of aromatic nitrogens is 3. The molecule has 2 aromatic rings. The highest BCUT2D eigenvalue weighted by atomic mass is 16.3. The van der Waals surface area contributed by atoms with Crippen molar-refractivity contribution in [3.05, 3.63) is 30.4 Å². The van der Waals surface area contributed by atoms with E-state index in [-0.39, 0.29) is 11.6 Å². The monoisotopic (exact) mass is 232 g/mol. The Hall–Kier alpha value is -2.24. The molecule has 2 rings (SSSR count). The molecule has 0 saturated heterocycles. The number of rotatable bonds is 4. The van der Waals surface area contributed by atoms with Crippen molar-refractivity contribution in [1.29, 1.82) is 0 Å². The molecule has 2 aromatic heterocycles. The molecule has 2 heterocycles. The van der Waals surface area contributed by atoms with Gasteiger partial charge < -0.3 is 9.73 Å². The maximum Gasteiger partial charge on any atom is 0.273 e. The van der Waals surface area contributed by atoms with E-state index in [0.29, 0.717) is 18.0 Å². The minimum atomic E-state index is -0.233. The van der Waals surface area contributed by atoms with Gasteiger partial charge in [-0.3, -0.25) is 4.79 Å². The second-order valence-corrected chi connectivity index (χ2v) is 3.42. The van der Waals surface area contributed by atoms with Gasteiger partial charge in [0.15, 0.2) is 5.69 Å². The molecule has 1 amide bonds. The molecule has 88 valence electrons. The number of amides is 1. The fourth-order valence-electron chi connectivity index (χ4n) is 1.26. The third-order valence-electron chi connectivity index (χ3n) is 2.10. The van der Waals surface area contributed by atoms with Crippen molar-refractivity contribution < 1.29 is 9.21 Å². The Morgan fingerprint density at radius 1 is 1.47 bits per heavy atom. The molecule has 0 bridgehead atoms. The second-order valence-electron chi connectivity index (χ2n) is 3.42. The fraction of sp³-hybridized carbons (Fsp3) is 0.273. The molecule has 0 unspecified atom stereocenters. The minimum Gasteiger partial charge on any atom is -0.444 e. The molecule has 1 N–H and O–H groups in total. The summed E-state index contributed by atoms with van der Waals surface area (Å²) in [5.41, 5.74) is 0.958. The van der Waals surface area contributed by atoms with Crippen molar-refractivity contribution in [3.8, 4) is 11.5 Å². The van der Waals surface area contributed by atoms with E-state index >= 15 is 0 Å². The smallest absolute Gasteiger partial charge is 0.273 e. The molecule has 6 nitrogen and oxygen atoms in total. The molecular weight excluding hydrogens is 220 g/mol. The van der Waals surface area contributed by atoms with E-state index in [9.17, 15) is 4.79 Å². The maximum absolute atomic E-state index is 11.6. The van der Waals surface area contributed by atoms with Gasteiger partial charge in [0.05, 0.1) is 18.0 Å². The van der Waals surface area contributed by atoms with E-state index in [0.717, 1.165) is 6.42 Å². The summed E-state index contributed by atoms with van der Waals surface area (Å²) in [6.07, 6.45) is 5.28. The molecule has 0 spiro atoms. The van der Waals surface area contributed by atoms with Gasteiger partial charge in [-0.15, -0.1) is 0 Å². The lowest BCUT2D eigenvalue weighted by atomic mass is 10.3. The summed E-state index contributed by atoms with van der Waals surface area (Å²) in [6, 6.07) is 1.71. The zero-order valence-corrected chi connectivity index (χ0v) is 9.38. The van der Waals surface area contributed by atoms with Crippen LogP contribution in [0.1, 0.15) is 23.8 Å². The van der Waals surface area contributed by atoms with E-state index in [1.54, 1.807) is 6.07 Å². The van der Waals surface area contributed by atoms with Crippen molar-refractivity contribution in [2.45, 2.75) is 13.3 Å². The van der Waals surface area contributed by atoms with Crippen LogP contribution in [0.25, 0.3) is 11.5 Å². The number of hydrogen-bond acceptors (Lipinski definition) is 5. The molecule has 0 radical (unpaired) electrons. The van der Waals surface area contributed by atoms with Gasteiger partial charge in [0.1, 0.15) is 6.26 Å². The van der Waals surface area contributed by atoms with Gasteiger partial charge in [0, 0.05) is 6.54 Å². The fourth-order valence-corrected chi connectivity index (χ4v) is 1.26. The molecule has 6 heteroatoms. The Morgan fingerprint density at radius 3 is 3.06 bits per heavy atom. The Kier molecular flexibility index (Phi) is 3.44. The van der Waals surface area contributed by atoms with E-state index in [4.69, 9.17) is 4.42 Å². The van der Waals surface area contributed by atoms with Crippen molar-refractivity contribution >= 4 is 5.91 Å². The van der Waals surface area contributed by atoms with Gasteiger partial charge in [-0.25, -0.2) is 4.98 Å². The van der Waals surface area contributed by atoms with Gasteiger partial charge in [0.2, 0.25) is 5.89 Å². The summed E-state index contributed by atoms with van der Waals surface area (Å²) in [6.45, 7) is 2.61. The van der Waals surface area contributed by atoms with Gasteiger partial charge in [-0.05, 0) is 12.5 Å². The van der Waals surface area contributed by atoms with Crippen LogP contribution in [0.3, 0.4) is 0 Å². The van der Waals surface area contributed by atoms with Crippen LogP contribution in [0, 0.1) is 0 Å². The molecule has 0 saturated carbocycles. The molecule has 0 atom stereocenters. The quantitative estimate of drug-likeness (QED) is 0.858. The Labute approximate surface area is 98.1 Å². The zero-order valence-electron chi connectivity index (χ0n) is 9.38. The molecule has 0 aliphatic rings. The SMILES string of the molecule is CCCNC(=O)c1coc(-c2ccnnc2)n1. The average Bonchev–Trinajstić information content (AvgIpc) is 2.86. The van der Waals surface area contributed by atoms with Crippen LogP contribution in [0.4, 0.5) is 0 Å². The van der Waals surface area contributed by atoms with E-state index in [2.05, 4.69) is 20.5 Å². The first-order valence-electron chi connectivity index (χ1n) is 5.32. The van der Waals surface area contributed by atoms with E-state index in [1.165, 1.54) is 18.7 Å². The zero-order chi connectivity index (χ0) is 12.1. The highest BCUT2D eigenvalue weighted by molar-refractivity contribution is 5.92. The number of nitrogens with one attached hydrogen (secondary N) is 1. The predicted octanol–water partition coefficient (Wildman–Crippen LogP) is 1.27. The second kappa shape index (κ2) is 5.20. The van der Waals surface area contributed by atoms with E-state index < -0.39 is 0 Å². The van der Waals surface area contributed by atoms with Crippen molar-refractivity contribution in [2.75, 3.05) is 6.54 Å². The molecule has 0 fully saturated rings. The largest absolute Gasteiger partial charge is 0.444 e.